The van der Waals surface area contributed by atoms with Gasteiger partial charge in [0.25, 0.3) is 0 Å². The number of hydrogen-bond acceptors (Lipinski definition) is 2. The molecule has 0 aliphatic carbocycles. The topological polar surface area (TPSA) is 29.5 Å². The van der Waals surface area contributed by atoms with Gasteiger partial charge >= 0.3 is 0 Å². The van der Waals surface area contributed by atoms with Crippen LogP contribution in [0.4, 0.5) is 0 Å². The normalized spacial score (nSPS) is 23.5. The summed E-state index contributed by atoms with van der Waals surface area (Å²) in [5.41, 5.74) is 0. The van der Waals surface area contributed by atoms with Crippen LogP contribution in [0.2, 0.25) is 0 Å². The highest BCUT2D eigenvalue weighted by Gasteiger charge is 2.24. The maximum Gasteiger partial charge on any atom is 0.227 e. The first-order valence-electron chi connectivity index (χ1n) is 5.58. The van der Waals surface area contributed by atoms with Gasteiger partial charge in [-0.15, -0.1) is 0 Å². The molecular weight excluding hydrogens is 258 g/mol. The number of carbonyl (C=O) groups excluding carboxylic acids is 1. The van der Waals surface area contributed by atoms with Crippen molar-refractivity contribution in [3.8, 4) is 0 Å². The first-order valence-corrected chi connectivity index (χ1v) is 6.49. The first kappa shape index (κ1) is 13.0. The third kappa shape index (κ3) is 4.51. The van der Waals surface area contributed by atoms with Crippen molar-refractivity contribution in [3.63, 3.8) is 0 Å². The van der Waals surface area contributed by atoms with Gasteiger partial charge in [0.05, 0.1) is 12.5 Å². The molecule has 1 aliphatic heterocycles. The molecule has 0 aromatic heterocycles. The standard InChI is InChI=1S/C11H20BrNO2/c1-9(12)5-6-13(2)11(14)10-4-3-7-15-8-10/h9-10H,3-8H2,1-2H3. The summed E-state index contributed by atoms with van der Waals surface area (Å²) in [4.78, 5) is 14.2. The number of hydrogen-bond donors (Lipinski definition) is 0. The van der Waals surface area contributed by atoms with Crippen molar-refractivity contribution in [2.45, 2.75) is 31.0 Å². The van der Waals surface area contributed by atoms with Crippen LogP contribution < -0.4 is 0 Å². The molecule has 0 aromatic rings. The highest BCUT2D eigenvalue weighted by atomic mass is 79.9. The Bertz CT molecular complexity index is 203. The summed E-state index contributed by atoms with van der Waals surface area (Å²) in [5.74, 6) is 0.331. The average molecular weight is 278 g/mol. The van der Waals surface area contributed by atoms with Crippen LogP contribution in [-0.4, -0.2) is 42.4 Å². The maximum absolute atomic E-state index is 11.9. The molecule has 0 spiro atoms. The average Bonchev–Trinajstić information content (AvgIpc) is 2.26. The number of ether oxygens (including phenoxy) is 1. The van der Waals surface area contributed by atoms with Gasteiger partial charge in [0.15, 0.2) is 0 Å². The molecule has 0 aromatic carbocycles. The molecule has 1 amide bonds. The molecule has 15 heavy (non-hydrogen) atoms. The van der Waals surface area contributed by atoms with E-state index in [4.69, 9.17) is 4.74 Å². The SMILES string of the molecule is CC(Br)CCN(C)C(=O)C1CCCOC1. The third-order valence-electron chi connectivity index (χ3n) is 2.75. The summed E-state index contributed by atoms with van der Waals surface area (Å²) in [6.07, 6.45) is 2.99. The zero-order chi connectivity index (χ0) is 11.3. The van der Waals surface area contributed by atoms with Gasteiger partial charge in [-0.05, 0) is 19.3 Å². The molecule has 1 heterocycles. The summed E-state index contributed by atoms with van der Waals surface area (Å²) in [6, 6.07) is 0. The van der Waals surface area contributed by atoms with Crippen LogP contribution in [0, 0.1) is 5.92 Å². The Morgan fingerprint density at radius 2 is 2.40 bits per heavy atom. The van der Waals surface area contributed by atoms with E-state index >= 15 is 0 Å². The molecule has 0 bridgehead atoms. The van der Waals surface area contributed by atoms with Crippen molar-refractivity contribution >= 4 is 21.8 Å². The summed E-state index contributed by atoms with van der Waals surface area (Å²) in [7, 11) is 1.88. The monoisotopic (exact) mass is 277 g/mol. The van der Waals surface area contributed by atoms with Crippen LogP contribution in [0.15, 0.2) is 0 Å². The Balaban J connectivity index is 2.30. The van der Waals surface area contributed by atoms with E-state index in [1.165, 1.54) is 0 Å². The van der Waals surface area contributed by atoms with E-state index in [0.29, 0.717) is 11.4 Å². The second kappa shape index (κ2) is 6.48. The Hall–Kier alpha value is -0.0900. The van der Waals surface area contributed by atoms with Gasteiger partial charge in [0, 0.05) is 25.0 Å². The van der Waals surface area contributed by atoms with Crippen molar-refractivity contribution in [1.29, 1.82) is 0 Å². The Labute approximate surface area is 100 Å². The molecule has 0 saturated carbocycles. The van der Waals surface area contributed by atoms with Crippen molar-refractivity contribution in [2.75, 3.05) is 26.8 Å². The van der Waals surface area contributed by atoms with Gasteiger partial charge in [0.1, 0.15) is 0 Å². The fourth-order valence-electron chi connectivity index (χ4n) is 1.73. The fourth-order valence-corrected chi connectivity index (χ4v) is 1.93. The van der Waals surface area contributed by atoms with E-state index in [1.807, 2.05) is 11.9 Å². The van der Waals surface area contributed by atoms with Crippen molar-refractivity contribution in [1.82, 2.24) is 4.90 Å². The molecule has 1 saturated heterocycles. The largest absolute Gasteiger partial charge is 0.381 e. The molecule has 1 fully saturated rings. The highest BCUT2D eigenvalue weighted by molar-refractivity contribution is 9.09. The summed E-state index contributed by atoms with van der Waals surface area (Å²) in [5, 5.41) is 0. The molecule has 1 aliphatic rings. The van der Waals surface area contributed by atoms with Crippen molar-refractivity contribution < 1.29 is 9.53 Å². The number of halogens is 1. The summed E-state index contributed by atoms with van der Waals surface area (Å²) < 4.78 is 5.32. The lowest BCUT2D eigenvalue weighted by atomic mass is 10.0. The number of rotatable bonds is 4. The minimum absolute atomic E-state index is 0.0920. The summed E-state index contributed by atoms with van der Waals surface area (Å²) >= 11 is 3.49. The molecule has 88 valence electrons. The fraction of sp³-hybridized carbons (Fsp3) is 0.909. The quantitative estimate of drug-likeness (QED) is 0.737. The van der Waals surface area contributed by atoms with Gasteiger partial charge in [-0.3, -0.25) is 4.79 Å². The van der Waals surface area contributed by atoms with E-state index in [1.54, 1.807) is 0 Å². The van der Waals surface area contributed by atoms with E-state index < -0.39 is 0 Å². The Kier molecular flexibility index (Phi) is 5.61. The molecule has 1 rings (SSSR count). The molecule has 3 nitrogen and oxygen atoms in total. The third-order valence-corrected chi connectivity index (χ3v) is 3.21. The van der Waals surface area contributed by atoms with Crippen molar-refractivity contribution in [3.05, 3.63) is 0 Å². The predicted octanol–water partition coefficient (Wildman–Crippen LogP) is 2.04. The lowest BCUT2D eigenvalue weighted by Crippen LogP contribution is -2.38. The Morgan fingerprint density at radius 3 is 2.93 bits per heavy atom. The molecule has 2 unspecified atom stereocenters. The van der Waals surface area contributed by atoms with E-state index in [-0.39, 0.29) is 11.8 Å². The first-order chi connectivity index (χ1) is 7.11. The Morgan fingerprint density at radius 1 is 1.67 bits per heavy atom. The maximum atomic E-state index is 11.9. The van der Waals surface area contributed by atoms with Gasteiger partial charge in [-0.2, -0.15) is 0 Å². The van der Waals surface area contributed by atoms with Crippen LogP contribution in [0.25, 0.3) is 0 Å². The number of nitrogens with zero attached hydrogens (tertiary/aromatic N) is 1. The zero-order valence-corrected chi connectivity index (χ0v) is 11.1. The van der Waals surface area contributed by atoms with Crippen molar-refractivity contribution in [2.24, 2.45) is 5.92 Å². The number of alkyl halides is 1. The second-order valence-corrected chi connectivity index (χ2v) is 5.81. The van der Waals surface area contributed by atoms with Crippen LogP contribution >= 0.6 is 15.9 Å². The molecule has 4 heteroatoms. The predicted molar refractivity (Wildman–Crippen MR) is 64.2 cm³/mol. The summed E-state index contributed by atoms with van der Waals surface area (Å²) in [6.45, 7) is 4.34. The van der Waals surface area contributed by atoms with Crippen LogP contribution in [0.3, 0.4) is 0 Å². The van der Waals surface area contributed by atoms with Gasteiger partial charge < -0.3 is 9.64 Å². The minimum atomic E-state index is 0.0920. The molecule has 2 atom stereocenters. The van der Waals surface area contributed by atoms with E-state index in [9.17, 15) is 4.79 Å². The number of amides is 1. The van der Waals surface area contributed by atoms with Gasteiger partial charge in [-0.1, -0.05) is 22.9 Å². The lowest BCUT2D eigenvalue weighted by molar-refractivity contribution is -0.138. The molecular formula is C11H20BrNO2. The van der Waals surface area contributed by atoms with Crippen LogP contribution in [0.1, 0.15) is 26.2 Å². The molecule has 0 radical (unpaired) electrons. The van der Waals surface area contributed by atoms with Crippen LogP contribution in [0.5, 0.6) is 0 Å². The van der Waals surface area contributed by atoms with Gasteiger partial charge in [0.2, 0.25) is 5.91 Å². The minimum Gasteiger partial charge on any atom is -0.381 e. The molecule has 0 N–H and O–H groups in total. The number of carbonyl (C=O) groups is 1. The smallest absolute Gasteiger partial charge is 0.227 e. The highest BCUT2D eigenvalue weighted by Crippen LogP contribution is 2.16. The zero-order valence-electron chi connectivity index (χ0n) is 9.54. The van der Waals surface area contributed by atoms with Gasteiger partial charge in [-0.25, -0.2) is 0 Å². The van der Waals surface area contributed by atoms with Crippen LogP contribution in [-0.2, 0) is 9.53 Å². The lowest BCUT2D eigenvalue weighted by Gasteiger charge is -2.26. The second-order valence-electron chi connectivity index (χ2n) is 4.24. The van der Waals surface area contributed by atoms with E-state index in [0.717, 1.165) is 32.4 Å². The van der Waals surface area contributed by atoms with E-state index in [2.05, 4.69) is 22.9 Å².